The number of hydrogen-bond donors (Lipinski definition) is 0. The Morgan fingerprint density at radius 1 is 1.40 bits per heavy atom. The summed E-state index contributed by atoms with van der Waals surface area (Å²) in [5.41, 5.74) is 1.64. The quantitative estimate of drug-likeness (QED) is 0.769. The Labute approximate surface area is 87.9 Å². The molecule has 0 amide bonds. The summed E-state index contributed by atoms with van der Waals surface area (Å²) in [7, 11) is 1.64. The largest absolute Gasteiger partial charge is 0.495 e. The van der Waals surface area contributed by atoms with Gasteiger partial charge in [-0.1, -0.05) is 6.92 Å². The van der Waals surface area contributed by atoms with E-state index in [4.69, 9.17) is 9.15 Å². The molecule has 15 heavy (non-hydrogen) atoms. The molecule has 0 fully saturated rings. The smallest absolute Gasteiger partial charge is 0.244 e. The molecule has 4 heteroatoms. The molecule has 0 aliphatic carbocycles. The number of methoxy groups -OCH3 is 1. The zero-order valence-corrected chi connectivity index (χ0v) is 8.73. The molecule has 0 aliphatic rings. The average molecular weight is 204 g/mol. The van der Waals surface area contributed by atoms with E-state index in [-0.39, 0.29) is 0 Å². The van der Waals surface area contributed by atoms with E-state index in [0.717, 1.165) is 23.6 Å². The van der Waals surface area contributed by atoms with Crippen LogP contribution in [0.1, 0.15) is 12.6 Å². The highest BCUT2D eigenvalue weighted by Crippen LogP contribution is 2.22. The predicted octanol–water partition coefficient (Wildman–Crippen LogP) is 2.31. The molecule has 0 spiro atoms. The summed E-state index contributed by atoms with van der Waals surface area (Å²) in [6.07, 6.45) is 3.96. The molecule has 2 aromatic rings. The van der Waals surface area contributed by atoms with Crippen molar-refractivity contribution in [3.63, 3.8) is 0 Å². The Hall–Kier alpha value is -1.84. The zero-order valence-electron chi connectivity index (χ0n) is 8.73. The van der Waals surface area contributed by atoms with Crippen LogP contribution >= 0.6 is 0 Å². The first-order chi connectivity index (χ1) is 7.35. The van der Waals surface area contributed by atoms with Gasteiger partial charge >= 0.3 is 0 Å². The number of hydrogen-bond acceptors (Lipinski definition) is 4. The van der Waals surface area contributed by atoms with Gasteiger partial charge in [0.15, 0.2) is 0 Å². The third-order valence-electron chi connectivity index (χ3n) is 2.14. The Morgan fingerprint density at radius 3 is 2.87 bits per heavy atom. The Bertz CT molecular complexity index is 438. The molecular weight excluding hydrogens is 192 g/mol. The fraction of sp³-hybridized carbons (Fsp3) is 0.273. The summed E-state index contributed by atoms with van der Waals surface area (Å²) >= 11 is 0. The normalized spacial score (nSPS) is 10.3. The van der Waals surface area contributed by atoms with Crippen LogP contribution in [0, 0.1) is 0 Å². The minimum atomic E-state index is 0.535. The van der Waals surface area contributed by atoms with Crippen molar-refractivity contribution in [2.24, 2.45) is 0 Å². The van der Waals surface area contributed by atoms with Crippen LogP contribution in [0.2, 0.25) is 0 Å². The van der Waals surface area contributed by atoms with E-state index in [9.17, 15) is 0 Å². The van der Waals surface area contributed by atoms with Crippen LogP contribution in [-0.2, 0) is 6.42 Å². The topological polar surface area (TPSA) is 48.2 Å². The van der Waals surface area contributed by atoms with Gasteiger partial charge in [0.2, 0.25) is 5.89 Å². The van der Waals surface area contributed by atoms with Crippen molar-refractivity contribution < 1.29 is 9.15 Å². The third-order valence-corrected chi connectivity index (χ3v) is 2.14. The molecule has 0 radical (unpaired) electrons. The van der Waals surface area contributed by atoms with Gasteiger partial charge in [-0.05, 0) is 18.6 Å². The van der Waals surface area contributed by atoms with Crippen molar-refractivity contribution in [2.75, 3.05) is 7.11 Å². The van der Waals surface area contributed by atoms with Crippen LogP contribution in [0.15, 0.2) is 29.0 Å². The highest BCUT2D eigenvalue weighted by molar-refractivity contribution is 5.49. The molecule has 4 nitrogen and oxygen atoms in total. The lowest BCUT2D eigenvalue weighted by molar-refractivity contribution is 0.407. The number of ether oxygens (including phenoxy) is 1. The zero-order chi connectivity index (χ0) is 10.7. The molecule has 0 aromatic carbocycles. The third kappa shape index (κ3) is 1.83. The van der Waals surface area contributed by atoms with Gasteiger partial charge in [-0.3, -0.25) is 0 Å². The molecule has 0 atom stereocenters. The Morgan fingerprint density at radius 2 is 2.27 bits per heavy atom. The van der Waals surface area contributed by atoms with Gasteiger partial charge < -0.3 is 9.15 Å². The van der Waals surface area contributed by atoms with E-state index in [2.05, 4.69) is 9.97 Å². The second kappa shape index (κ2) is 4.13. The van der Waals surface area contributed by atoms with E-state index in [0.29, 0.717) is 5.89 Å². The molecular formula is C11H12N2O2. The monoisotopic (exact) mass is 204 g/mol. The van der Waals surface area contributed by atoms with E-state index < -0.39 is 0 Å². The summed E-state index contributed by atoms with van der Waals surface area (Å²) in [5.74, 6) is 1.33. The van der Waals surface area contributed by atoms with Gasteiger partial charge in [0.1, 0.15) is 17.7 Å². The number of oxazole rings is 1. The second-order valence-electron chi connectivity index (χ2n) is 3.04. The van der Waals surface area contributed by atoms with Crippen LogP contribution < -0.4 is 4.74 Å². The van der Waals surface area contributed by atoms with Gasteiger partial charge in [-0.15, -0.1) is 0 Å². The fourth-order valence-corrected chi connectivity index (χ4v) is 1.40. The minimum Gasteiger partial charge on any atom is -0.495 e. The molecule has 78 valence electrons. The first kappa shape index (κ1) is 9.71. The number of nitrogens with zero attached hydrogens (tertiary/aromatic N) is 2. The average Bonchev–Trinajstić information content (AvgIpc) is 2.81. The molecule has 0 aliphatic heterocycles. The molecule has 2 rings (SSSR count). The molecule has 0 saturated heterocycles. The van der Waals surface area contributed by atoms with Crippen molar-refractivity contribution in [3.8, 4) is 17.3 Å². The highest BCUT2D eigenvalue weighted by atomic mass is 16.5. The standard InChI is InChI=1S/C11H12N2O2/c1-3-8-10(14-2)5-4-9(13-8)11-12-6-7-15-11/h4-7H,3H2,1-2H3. The maximum Gasteiger partial charge on any atom is 0.244 e. The lowest BCUT2D eigenvalue weighted by Gasteiger charge is -2.06. The van der Waals surface area contributed by atoms with E-state index >= 15 is 0 Å². The predicted molar refractivity (Wildman–Crippen MR) is 55.7 cm³/mol. The van der Waals surface area contributed by atoms with Crippen LogP contribution in [-0.4, -0.2) is 17.1 Å². The summed E-state index contributed by atoms with van der Waals surface area (Å²) in [6.45, 7) is 2.03. The maximum atomic E-state index is 5.20. The molecule has 2 aromatic heterocycles. The maximum absolute atomic E-state index is 5.20. The molecule has 0 N–H and O–H groups in total. The first-order valence-corrected chi connectivity index (χ1v) is 4.79. The van der Waals surface area contributed by atoms with Crippen LogP contribution in [0.4, 0.5) is 0 Å². The Kier molecular flexibility index (Phi) is 2.67. The summed E-state index contributed by atoms with van der Waals surface area (Å²) < 4.78 is 10.4. The van der Waals surface area contributed by atoms with Gasteiger partial charge in [-0.25, -0.2) is 9.97 Å². The van der Waals surface area contributed by atoms with Crippen LogP contribution in [0.25, 0.3) is 11.6 Å². The molecule has 2 heterocycles. The summed E-state index contributed by atoms with van der Waals surface area (Å²) in [5, 5.41) is 0. The highest BCUT2D eigenvalue weighted by Gasteiger charge is 2.08. The lowest BCUT2D eigenvalue weighted by Crippen LogP contribution is -1.95. The van der Waals surface area contributed by atoms with Crippen molar-refractivity contribution in [1.29, 1.82) is 0 Å². The van der Waals surface area contributed by atoms with Gasteiger partial charge in [-0.2, -0.15) is 0 Å². The van der Waals surface area contributed by atoms with Gasteiger partial charge in [0.05, 0.1) is 19.0 Å². The molecule has 0 unspecified atom stereocenters. The van der Waals surface area contributed by atoms with Crippen molar-refractivity contribution in [2.45, 2.75) is 13.3 Å². The summed E-state index contributed by atoms with van der Waals surface area (Å²) in [4.78, 5) is 8.47. The Balaban J connectivity index is 2.43. The number of aryl methyl sites for hydroxylation is 1. The van der Waals surface area contributed by atoms with E-state index in [1.54, 1.807) is 13.3 Å². The number of aromatic nitrogens is 2. The summed E-state index contributed by atoms with van der Waals surface area (Å²) in [6, 6.07) is 3.72. The fourth-order valence-electron chi connectivity index (χ4n) is 1.40. The SMILES string of the molecule is CCc1nc(-c2ncco2)ccc1OC. The van der Waals surface area contributed by atoms with Crippen LogP contribution in [0.5, 0.6) is 5.75 Å². The number of pyridine rings is 1. The van der Waals surface area contributed by atoms with Crippen molar-refractivity contribution in [1.82, 2.24) is 9.97 Å². The van der Waals surface area contributed by atoms with E-state index in [1.807, 2.05) is 19.1 Å². The minimum absolute atomic E-state index is 0.535. The van der Waals surface area contributed by atoms with Gasteiger partial charge in [0.25, 0.3) is 0 Å². The lowest BCUT2D eigenvalue weighted by atomic mass is 10.2. The van der Waals surface area contributed by atoms with Crippen molar-refractivity contribution >= 4 is 0 Å². The van der Waals surface area contributed by atoms with E-state index in [1.165, 1.54) is 6.26 Å². The van der Waals surface area contributed by atoms with Gasteiger partial charge in [0, 0.05) is 0 Å². The van der Waals surface area contributed by atoms with Crippen LogP contribution in [0.3, 0.4) is 0 Å². The number of rotatable bonds is 3. The van der Waals surface area contributed by atoms with Crippen molar-refractivity contribution in [3.05, 3.63) is 30.3 Å². The first-order valence-electron chi connectivity index (χ1n) is 4.79. The molecule has 0 saturated carbocycles. The molecule has 0 bridgehead atoms. The second-order valence-corrected chi connectivity index (χ2v) is 3.04.